The fourth-order valence-electron chi connectivity index (χ4n) is 3.04. The molecule has 2 saturated heterocycles. The average molecular weight is 273 g/mol. The standard InChI is InChI=1S/C16H23N3O/c20-16(15-5-1-2-10-17-15)18-13-6-8-14(9-7-13)19-11-3-4-12-19/h6-9,15,17H,1-5,10-12H2,(H,18,20)/t15-/m1/s1. The van der Waals surface area contributed by atoms with E-state index in [9.17, 15) is 4.79 Å². The first-order chi connectivity index (χ1) is 9.83. The quantitative estimate of drug-likeness (QED) is 0.888. The third-order valence-electron chi connectivity index (χ3n) is 4.23. The van der Waals surface area contributed by atoms with E-state index in [1.165, 1.54) is 24.9 Å². The summed E-state index contributed by atoms with van der Waals surface area (Å²) in [5, 5.41) is 6.28. The molecule has 2 fully saturated rings. The van der Waals surface area contributed by atoms with Gasteiger partial charge in [-0.25, -0.2) is 0 Å². The number of carbonyl (C=O) groups is 1. The third kappa shape index (κ3) is 3.12. The Morgan fingerprint density at radius 1 is 1.10 bits per heavy atom. The molecule has 2 heterocycles. The van der Waals surface area contributed by atoms with E-state index in [-0.39, 0.29) is 11.9 Å². The Hall–Kier alpha value is -1.55. The smallest absolute Gasteiger partial charge is 0.241 e. The monoisotopic (exact) mass is 273 g/mol. The Labute approximate surface area is 120 Å². The minimum Gasteiger partial charge on any atom is -0.372 e. The van der Waals surface area contributed by atoms with Gasteiger partial charge in [-0.3, -0.25) is 4.79 Å². The highest BCUT2D eigenvalue weighted by Gasteiger charge is 2.20. The fraction of sp³-hybridized carbons (Fsp3) is 0.562. The van der Waals surface area contributed by atoms with Crippen molar-refractivity contribution in [1.82, 2.24) is 5.32 Å². The highest BCUT2D eigenvalue weighted by atomic mass is 16.2. The van der Waals surface area contributed by atoms with Gasteiger partial charge in [-0.1, -0.05) is 6.42 Å². The second-order valence-electron chi connectivity index (χ2n) is 5.73. The summed E-state index contributed by atoms with van der Waals surface area (Å²) in [5.41, 5.74) is 2.15. The Kier molecular flexibility index (Phi) is 4.21. The van der Waals surface area contributed by atoms with Gasteiger partial charge in [0, 0.05) is 24.5 Å². The molecule has 1 aromatic rings. The average Bonchev–Trinajstić information content (AvgIpc) is 3.03. The summed E-state index contributed by atoms with van der Waals surface area (Å²) in [6.45, 7) is 3.25. The number of nitrogens with one attached hydrogen (secondary N) is 2. The number of amides is 1. The molecule has 0 radical (unpaired) electrons. The Balaban J connectivity index is 1.58. The summed E-state index contributed by atoms with van der Waals surface area (Å²) in [5.74, 6) is 0.0959. The van der Waals surface area contributed by atoms with E-state index in [2.05, 4.69) is 27.7 Å². The molecule has 0 aromatic heterocycles. The van der Waals surface area contributed by atoms with E-state index in [0.717, 1.165) is 38.2 Å². The number of anilines is 2. The van der Waals surface area contributed by atoms with E-state index >= 15 is 0 Å². The Morgan fingerprint density at radius 2 is 1.85 bits per heavy atom. The topological polar surface area (TPSA) is 44.4 Å². The lowest BCUT2D eigenvalue weighted by molar-refractivity contribution is -0.118. The van der Waals surface area contributed by atoms with Crippen LogP contribution >= 0.6 is 0 Å². The van der Waals surface area contributed by atoms with Gasteiger partial charge in [0.15, 0.2) is 0 Å². The number of piperidine rings is 1. The minimum absolute atomic E-state index is 0.0259. The van der Waals surface area contributed by atoms with E-state index in [4.69, 9.17) is 0 Å². The minimum atomic E-state index is -0.0259. The molecule has 3 rings (SSSR count). The summed E-state index contributed by atoms with van der Waals surface area (Å²) in [4.78, 5) is 14.5. The molecule has 4 nitrogen and oxygen atoms in total. The van der Waals surface area contributed by atoms with Crippen LogP contribution in [0.25, 0.3) is 0 Å². The maximum atomic E-state index is 12.1. The van der Waals surface area contributed by atoms with E-state index in [0.29, 0.717) is 0 Å². The summed E-state index contributed by atoms with van der Waals surface area (Å²) in [6.07, 6.45) is 5.82. The fourth-order valence-corrected chi connectivity index (χ4v) is 3.04. The largest absolute Gasteiger partial charge is 0.372 e. The number of nitrogens with zero attached hydrogens (tertiary/aromatic N) is 1. The van der Waals surface area contributed by atoms with Crippen LogP contribution < -0.4 is 15.5 Å². The lowest BCUT2D eigenvalue weighted by Gasteiger charge is -2.23. The SMILES string of the molecule is O=C(Nc1ccc(N2CCCC2)cc1)[C@H]1CCCCN1. The molecule has 0 unspecified atom stereocenters. The molecule has 1 aromatic carbocycles. The number of hydrogen-bond donors (Lipinski definition) is 2. The summed E-state index contributed by atoms with van der Waals surface area (Å²) in [6, 6.07) is 8.20. The lowest BCUT2D eigenvalue weighted by atomic mass is 10.0. The van der Waals surface area contributed by atoms with Crippen LogP contribution in [0, 0.1) is 0 Å². The van der Waals surface area contributed by atoms with Crippen LogP contribution in [0.4, 0.5) is 11.4 Å². The van der Waals surface area contributed by atoms with Gasteiger partial charge in [0.1, 0.15) is 0 Å². The molecule has 0 spiro atoms. The molecule has 20 heavy (non-hydrogen) atoms. The zero-order valence-electron chi connectivity index (χ0n) is 11.9. The molecule has 0 saturated carbocycles. The van der Waals surface area contributed by atoms with Crippen LogP contribution in [0.1, 0.15) is 32.1 Å². The number of benzene rings is 1. The number of carbonyl (C=O) groups excluding carboxylic acids is 1. The van der Waals surface area contributed by atoms with Crippen LogP contribution in [-0.4, -0.2) is 31.6 Å². The molecule has 2 aliphatic rings. The highest BCUT2D eigenvalue weighted by molar-refractivity contribution is 5.95. The zero-order valence-corrected chi connectivity index (χ0v) is 11.9. The molecular formula is C16H23N3O. The lowest BCUT2D eigenvalue weighted by Crippen LogP contribution is -2.43. The van der Waals surface area contributed by atoms with Crippen molar-refractivity contribution in [1.29, 1.82) is 0 Å². The van der Waals surface area contributed by atoms with Crippen molar-refractivity contribution < 1.29 is 4.79 Å². The van der Waals surface area contributed by atoms with Crippen LogP contribution in [0.3, 0.4) is 0 Å². The van der Waals surface area contributed by atoms with Crippen molar-refractivity contribution in [3.05, 3.63) is 24.3 Å². The Morgan fingerprint density at radius 3 is 2.50 bits per heavy atom. The summed E-state index contributed by atoms with van der Waals surface area (Å²) >= 11 is 0. The molecule has 1 amide bonds. The molecule has 2 aliphatic heterocycles. The highest BCUT2D eigenvalue weighted by Crippen LogP contribution is 2.22. The molecule has 0 aliphatic carbocycles. The van der Waals surface area contributed by atoms with Crippen LogP contribution in [0.15, 0.2) is 24.3 Å². The van der Waals surface area contributed by atoms with E-state index < -0.39 is 0 Å². The first-order valence-electron chi connectivity index (χ1n) is 7.72. The maximum Gasteiger partial charge on any atom is 0.241 e. The van der Waals surface area contributed by atoms with E-state index in [1.54, 1.807) is 0 Å². The maximum absolute atomic E-state index is 12.1. The van der Waals surface area contributed by atoms with Crippen molar-refractivity contribution in [2.24, 2.45) is 0 Å². The molecular weight excluding hydrogens is 250 g/mol. The summed E-state index contributed by atoms with van der Waals surface area (Å²) in [7, 11) is 0. The van der Waals surface area contributed by atoms with Crippen LogP contribution in [-0.2, 0) is 4.79 Å². The second-order valence-corrected chi connectivity index (χ2v) is 5.73. The predicted octanol–water partition coefficient (Wildman–Crippen LogP) is 2.37. The zero-order chi connectivity index (χ0) is 13.8. The van der Waals surface area contributed by atoms with Gasteiger partial charge in [0.2, 0.25) is 5.91 Å². The van der Waals surface area contributed by atoms with Crippen molar-refractivity contribution in [3.8, 4) is 0 Å². The van der Waals surface area contributed by atoms with Gasteiger partial charge in [-0.05, 0) is 56.5 Å². The normalized spacial score (nSPS) is 22.8. The molecule has 2 N–H and O–H groups in total. The molecule has 1 atom stereocenters. The number of hydrogen-bond acceptors (Lipinski definition) is 3. The predicted molar refractivity (Wildman–Crippen MR) is 82.2 cm³/mol. The van der Waals surface area contributed by atoms with Gasteiger partial charge in [-0.15, -0.1) is 0 Å². The van der Waals surface area contributed by atoms with Crippen molar-refractivity contribution in [3.63, 3.8) is 0 Å². The van der Waals surface area contributed by atoms with Gasteiger partial charge in [0.05, 0.1) is 6.04 Å². The van der Waals surface area contributed by atoms with Crippen molar-refractivity contribution in [2.45, 2.75) is 38.1 Å². The van der Waals surface area contributed by atoms with Gasteiger partial charge in [0.25, 0.3) is 0 Å². The first kappa shape index (κ1) is 13.4. The van der Waals surface area contributed by atoms with Crippen molar-refractivity contribution in [2.75, 3.05) is 29.9 Å². The van der Waals surface area contributed by atoms with Gasteiger partial charge < -0.3 is 15.5 Å². The molecule has 0 bridgehead atoms. The number of rotatable bonds is 3. The first-order valence-corrected chi connectivity index (χ1v) is 7.72. The van der Waals surface area contributed by atoms with Gasteiger partial charge >= 0.3 is 0 Å². The molecule has 4 heteroatoms. The Bertz CT molecular complexity index is 445. The summed E-state index contributed by atoms with van der Waals surface area (Å²) < 4.78 is 0. The molecule has 108 valence electrons. The van der Waals surface area contributed by atoms with E-state index in [1.807, 2.05) is 12.1 Å². The van der Waals surface area contributed by atoms with Gasteiger partial charge in [-0.2, -0.15) is 0 Å². The second kappa shape index (κ2) is 6.27. The van der Waals surface area contributed by atoms with Crippen molar-refractivity contribution >= 4 is 17.3 Å². The van der Waals surface area contributed by atoms with Crippen LogP contribution in [0.5, 0.6) is 0 Å². The third-order valence-corrected chi connectivity index (χ3v) is 4.23. The van der Waals surface area contributed by atoms with Crippen LogP contribution in [0.2, 0.25) is 0 Å².